The van der Waals surface area contributed by atoms with Crippen LogP contribution < -0.4 is 10.5 Å². The van der Waals surface area contributed by atoms with Crippen molar-refractivity contribution in [3.8, 4) is 5.75 Å². The van der Waals surface area contributed by atoms with E-state index in [2.05, 4.69) is 9.97 Å². The maximum atomic E-state index is 11.6. The molecule has 1 heterocycles. The molecule has 0 amide bonds. The number of aryl methyl sites for hydroxylation is 1. The van der Waals surface area contributed by atoms with Crippen molar-refractivity contribution in [3.05, 3.63) is 47.9 Å². The first-order valence-electron chi connectivity index (χ1n) is 5.02. The van der Waals surface area contributed by atoms with Gasteiger partial charge in [0.1, 0.15) is 11.6 Å². The lowest BCUT2D eigenvalue weighted by Gasteiger charge is -2.03. The summed E-state index contributed by atoms with van der Waals surface area (Å²) in [6.45, 7) is 1.95. The molecule has 1 aromatic heterocycles. The van der Waals surface area contributed by atoms with Gasteiger partial charge in [-0.25, -0.2) is 14.8 Å². The van der Waals surface area contributed by atoms with Gasteiger partial charge in [0.2, 0.25) is 5.82 Å². The summed E-state index contributed by atoms with van der Waals surface area (Å²) >= 11 is 0. The molecule has 17 heavy (non-hydrogen) atoms. The zero-order chi connectivity index (χ0) is 12.3. The average Bonchev–Trinajstić information content (AvgIpc) is 2.32. The second-order valence-corrected chi connectivity index (χ2v) is 3.51. The van der Waals surface area contributed by atoms with Crippen molar-refractivity contribution >= 4 is 11.8 Å². The molecule has 0 spiro atoms. The number of nitrogen functional groups attached to an aromatic ring is 1. The number of aromatic nitrogens is 2. The monoisotopic (exact) mass is 229 g/mol. The van der Waals surface area contributed by atoms with Gasteiger partial charge < -0.3 is 10.5 Å². The van der Waals surface area contributed by atoms with Crippen LogP contribution in [-0.2, 0) is 0 Å². The first kappa shape index (κ1) is 11.1. The Labute approximate surface area is 98.3 Å². The third-order valence-electron chi connectivity index (χ3n) is 2.09. The number of hydrogen-bond acceptors (Lipinski definition) is 5. The largest absolute Gasteiger partial charge is 0.421 e. The van der Waals surface area contributed by atoms with Crippen LogP contribution in [0.15, 0.2) is 36.5 Å². The van der Waals surface area contributed by atoms with Gasteiger partial charge in [-0.15, -0.1) is 0 Å². The highest BCUT2D eigenvalue weighted by atomic mass is 16.5. The minimum atomic E-state index is -0.624. The SMILES string of the molecule is Cc1ccc(OC(=O)c2nccc(N)n2)cc1. The van der Waals surface area contributed by atoms with Crippen LogP contribution in [0.3, 0.4) is 0 Å². The van der Waals surface area contributed by atoms with Crippen LogP contribution >= 0.6 is 0 Å². The fourth-order valence-corrected chi connectivity index (χ4v) is 1.23. The molecule has 0 unspecified atom stereocenters. The maximum absolute atomic E-state index is 11.6. The van der Waals surface area contributed by atoms with Gasteiger partial charge in [0.25, 0.3) is 0 Å². The lowest BCUT2D eigenvalue weighted by atomic mass is 10.2. The van der Waals surface area contributed by atoms with E-state index >= 15 is 0 Å². The Morgan fingerprint density at radius 1 is 1.24 bits per heavy atom. The molecule has 5 nitrogen and oxygen atoms in total. The Kier molecular flexibility index (Phi) is 3.00. The Bertz CT molecular complexity index is 538. The molecule has 0 aliphatic heterocycles. The van der Waals surface area contributed by atoms with Crippen molar-refractivity contribution in [1.29, 1.82) is 0 Å². The molecule has 0 atom stereocenters. The number of benzene rings is 1. The third-order valence-corrected chi connectivity index (χ3v) is 2.09. The first-order chi connectivity index (χ1) is 8.15. The number of anilines is 1. The normalized spacial score (nSPS) is 9.94. The molecule has 2 N–H and O–H groups in total. The molecule has 2 rings (SSSR count). The molecule has 86 valence electrons. The van der Waals surface area contributed by atoms with Crippen LogP contribution in [-0.4, -0.2) is 15.9 Å². The zero-order valence-corrected chi connectivity index (χ0v) is 9.25. The van der Waals surface area contributed by atoms with E-state index < -0.39 is 5.97 Å². The molecule has 0 saturated carbocycles. The Morgan fingerprint density at radius 2 is 1.94 bits per heavy atom. The molecule has 0 bridgehead atoms. The lowest BCUT2D eigenvalue weighted by Crippen LogP contribution is -2.13. The van der Waals surface area contributed by atoms with Gasteiger partial charge >= 0.3 is 5.97 Å². The quantitative estimate of drug-likeness (QED) is 0.625. The summed E-state index contributed by atoms with van der Waals surface area (Å²) in [5.74, 6) is 0.00853. The number of nitrogens with two attached hydrogens (primary N) is 1. The summed E-state index contributed by atoms with van der Waals surface area (Å²) in [5.41, 5.74) is 6.54. The number of nitrogens with zero attached hydrogens (tertiary/aromatic N) is 2. The van der Waals surface area contributed by atoms with E-state index in [1.807, 2.05) is 19.1 Å². The summed E-state index contributed by atoms with van der Waals surface area (Å²) < 4.78 is 5.09. The molecule has 0 saturated heterocycles. The molecule has 2 aromatic rings. The predicted octanol–water partition coefficient (Wildman–Crippen LogP) is 1.59. The van der Waals surface area contributed by atoms with Crippen molar-refractivity contribution in [2.45, 2.75) is 6.92 Å². The van der Waals surface area contributed by atoms with Gasteiger partial charge in [0, 0.05) is 6.20 Å². The van der Waals surface area contributed by atoms with Gasteiger partial charge in [-0.1, -0.05) is 17.7 Å². The van der Waals surface area contributed by atoms with Crippen LogP contribution in [0.1, 0.15) is 16.2 Å². The second-order valence-electron chi connectivity index (χ2n) is 3.51. The lowest BCUT2D eigenvalue weighted by molar-refractivity contribution is 0.0722. The predicted molar refractivity (Wildman–Crippen MR) is 62.6 cm³/mol. The van der Waals surface area contributed by atoms with Crippen LogP contribution in [0.4, 0.5) is 5.82 Å². The van der Waals surface area contributed by atoms with E-state index in [1.54, 1.807) is 12.1 Å². The van der Waals surface area contributed by atoms with Crippen molar-refractivity contribution in [1.82, 2.24) is 9.97 Å². The standard InChI is InChI=1S/C12H11N3O2/c1-8-2-4-9(5-3-8)17-12(16)11-14-7-6-10(13)15-11/h2-7H,1H3,(H2,13,14,15). The van der Waals surface area contributed by atoms with E-state index in [0.29, 0.717) is 5.75 Å². The topological polar surface area (TPSA) is 78.1 Å². The summed E-state index contributed by atoms with van der Waals surface area (Å²) in [7, 11) is 0. The second kappa shape index (κ2) is 4.61. The van der Waals surface area contributed by atoms with Gasteiger partial charge in [-0.2, -0.15) is 0 Å². The van der Waals surface area contributed by atoms with Gasteiger partial charge in [-0.05, 0) is 25.1 Å². The van der Waals surface area contributed by atoms with Crippen LogP contribution in [0, 0.1) is 6.92 Å². The van der Waals surface area contributed by atoms with Gasteiger partial charge in [-0.3, -0.25) is 0 Å². The highest BCUT2D eigenvalue weighted by Crippen LogP contribution is 2.12. The summed E-state index contributed by atoms with van der Waals surface area (Å²) in [4.78, 5) is 19.2. The minimum Gasteiger partial charge on any atom is -0.421 e. The fraction of sp³-hybridized carbons (Fsp3) is 0.0833. The fourth-order valence-electron chi connectivity index (χ4n) is 1.23. The van der Waals surface area contributed by atoms with Gasteiger partial charge in [0.05, 0.1) is 0 Å². The van der Waals surface area contributed by atoms with Crippen LogP contribution in [0.25, 0.3) is 0 Å². The summed E-state index contributed by atoms with van der Waals surface area (Å²) in [6, 6.07) is 8.62. The van der Waals surface area contributed by atoms with E-state index in [0.717, 1.165) is 5.56 Å². The van der Waals surface area contributed by atoms with E-state index in [4.69, 9.17) is 10.5 Å². The molecule has 0 aliphatic rings. The molecule has 0 radical (unpaired) electrons. The number of hydrogen-bond donors (Lipinski definition) is 1. The van der Waals surface area contributed by atoms with Gasteiger partial charge in [0.15, 0.2) is 0 Å². The number of esters is 1. The maximum Gasteiger partial charge on any atom is 0.381 e. The van der Waals surface area contributed by atoms with Crippen LogP contribution in [0.5, 0.6) is 5.75 Å². The van der Waals surface area contributed by atoms with Crippen molar-refractivity contribution in [2.24, 2.45) is 0 Å². The molecule has 5 heteroatoms. The van der Waals surface area contributed by atoms with E-state index in [1.165, 1.54) is 12.3 Å². The zero-order valence-electron chi connectivity index (χ0n) is 9.25. The highest BCUT2D eigenvalue weighted by Gasteiger charge is 2.11. The molecule has 0 aliphatic carbocycles. The summed E-state index contributed by atoms with van der Waals surface area (Å²) in [5, 5.41) is 0. The van der Waals surface area contributed by atoms with E-state index in [-0.39, 0.29) is 11.6 Å². The van der Waals surface area contributed by atoms with Crippen LogP contribution in [0.2, 0.25) is 0 Å². The molecular weight excluding hydrogens is 218 g/mol. The molecule has 0 fully saturated rings. The Hall–Kier alpha value is -2.43. The summed E-state index contributed by atoms with van der Waals surface area (Å²) in [6.07, 6.45) is 1.41. The Balaban J connectivity index is 2.14. The number of carbonyl (C=O) groups excluding carboxylic acids is 1. The first-order valence-corrected chi connectivity index (χ1v) is 5.02. The number of ether oxygens (including phenoxy) is 1. The third kappa shape index (κ3) is 2.78. The number of carbonyl (C=O) groups is 1. The van der Waals surface area contributed by atoms with Crippen molar-refractivity contribution in [2.75, 3.05) is 5.73 Å². The highest BCUT2D eigenvalue weighted by molar-refractivity contribution is 5.87. The van der Waals surface area contributed by atoms with Crippen molar-refractivity contribution in [3.63, 3.8) is 0 Å². The van der Waals surface area contributed by atoms with Crippen molar-refractivity contribution < 1.29 is 9.53 Å². The molecule has 1 aromatic carbocycles. The Morgan fingerprint density at radius 3 is 2.59 bits per heavy atom. The molecular formula is C12H11N3O2. The van der Waals surface area contributed by atoms with E-state index in [9.17, 15) is 4.79 Å². The number of rotatable bonds is 2. The smallest absolute Gasteiger partial charge is 0.381 e. The average molecular weight is 229 g/mol. The minimum absolute atomic E-state index is 0.0504.